The second kappa shape index (κ2) is 8.17. The molecule has 0 fully saturated rings. The number of rotatable bonds is 5. The van der Waals surface area contributed by atoms with Gasteiger partial charge in [-0.3, -0.25) is 19.4 Å². The Balaban J connectivity index is 1.79. The van der Waals surface area contributed by atoms with Gasteiger partial charge in [-0.2, -0.15) is 9.78 Å². The Labute approximate surface area is 164 Å². The number of carbonyl (C=O) groups excluding carboxylic acids is 2. The van der Waals surface area contributed by atoms with Crippen LogP contribution >= 0.6 is 11.3 Å². The number of nitrogens with one attached hydrogen (secondary N) is 3. The zero-order chi connectivity index (χ0) is 20.3. The number of carbonyl (C=O) groups is 2. The van der Waals surface area contributed by atoms with Gasteiger partial charge in [0, 0.05) is 17.0 Å². The van der Waals surface area contributed by atoms with Gasteiger partial charge in [0.15, 0.2) is 0 Å². The second-order valence-electron chi connectivity index (χ2n) is 6.45. The molecule has 0 aliphatic heterocycles. The van der Waals surface area contributed by atoms with Gasteiger partial charge >= 0.3 is 11.8 Å². The predicted molar refractivity (Wildman–Crippen MR) is 106 cm³/mol. The van der Waals surface area contributed by atoms with Crippen molar-refractivity contribution in [1.82, 2.24) is 25.1 Å². The quantitative estimate of drug-likeness (QED) is 0.563. The molecule has 0 aliphatic rings. The molecule has 0 bridgehead atoms. The van der Waals surface area contributed by atoms with Gasteiger partial charge in [-0.15, -0.1) is 11.3 Å². The van der Waals surface area contributed by atoms with E-state index >= 15 is 0 Å². The lowest BCUT2D eigenvalue weighted by Gasteiger charge is -2.10. The maximum absolute atomic E-state index is 12.3. The maximum Gasteiger partial charge on any atom is 0.314 e. The minimum Gasteiger partial charge on any atom is -0.343 e. The number of aromatic amines is 1. The number of aromatic nitrogens is 4. The van der Waals surface area contributed by atoms with Crippen molar-refractivity contribution in [2.75, 3.05) is 5.32 Å². The molecule has 0 aliphatic carbocycles. The summed E-state index contributed by atoms with van der Waals surface area (Å²) in [5.41, 5.74) is 0.859. The number of hydrogen-bond acceptors (Lipinski definition) is 6. The van der Waals surface area contributed by atoms with Gasteiger partial charge in [-0.25, -0.2) is 4.98 Å². The Kier molecular flexibility index (Phi) is 5.69. The third-order valence-electron chi connectivity index (χ3n) is 3.82. The fourth-order valence-electron chi connectivity index (χ4n) is 2.44. The summed E-state index contributed by atoms with van der Waals surface area (Å²) >= 11 is 1.49. The number of thiophene rings is 1. The molecule has 0 unspecified atom stereocenters. The van der Waals surface area contributed by atoms with Gasteiger partial charge in [0.1, 0.15) is 5.82 Å². The average molecular weight is 400 g/mol. The third-order valence-corrected chi connectivity index (χ3v) is 4.70. The lowest BCUT2D eigenvalue weighted by molar-refractivity contribution is -0.136. The second-order valence-corrected chi connectivity index (χ2v) is 7.48. The SMILES string of the molecule is Cc1cc(NC(=O)C(=O)NCc2cccs2)n(-c2nc(C(C)C)cc(=O)[nH]2)n1. The molecule has 0 saturated heterocycles. The first-order valence-electron chi connectivity index (χ1n) is 8.63. The molecule has 3 aromatic heterocycles. The van der Waals surface area contributed by atoms with Gasteiger partial charge in [0.25, 0.3) is 5.56 Å². The van der Waals surface area contributed by atoms with Crippen molar-refractivity contribution in [2.45, 2.75) is 33.2 Å². The molecular weight excluding hydrogens is 380 g/mol. The van der Waals surface area contributed by atoms with Crippen molar-refractivity contribution in [2.24, 2.45) is 0 Å². The number of hydrogen-bond donors (Lipinski definition) is 3. The van der Waals surface area contributed by atoms with Crippen LogP contribution in [0.4, 0.5) is 5.82 Å². The van der Waals surface area contributed by atoms with Crippen LogP contribution in [0.15, 0.2) is 34.4 Å². The topological polar surface area (TPSA) is 122 Å². The zero-order valence-electron chi connectivity index (χ0n) is 15.6. The van der Waals surface area contributed by atoms with Crippen molar-refractivity contribution < 1.29 is 9.59 Å². The zero-order valence-corrected chi connectivity index (χ0v) is 16.5. The maximum atomic E-state index is 12.3. The number of anilines is 1. The van der Waals surface area contributed by atoms with Crippen molar-refractivity contribution in [3.8, 4) is 5.95 Å². The molecule has 0 atom stereocenters. The first-order chi connectivity index (χ1) is 13.3. The van der Waals surface area contributed by atoms with Crippen LogP contribution in [0.3, 0.4) is 0 Å². The van der Waals surface area contributed by atoms with Crippen LogP contribution in [-0.2, 0) is 16.1 Å². The molecule has 0 spiro atoms. The summed E-state index contributed by atoms with van der Waals surface area (Å²) in [4.78, 5) is 44.2. The van der Waals surface area contributed by atoms with E-state index in [4.69, 9.17) is 0 Å². The highest BCUT2D eigenvalue weighted by Crippen LogP contribution is 2.16. The van der Waals surface area contributed by atoms with E-state index in [0.29, 0.717) is 11.4 Å². The van der Waals surface area contributed by atoms with Crippen molar-refractivity contribution in [3.63, 3.8) is 0 Å². The standard InChI is InChI=1S/C18H20N6O3S/c1-10(2)13-8-15(25)22-18(20-13)24-14(7-11(3)23-24)21-17(27)16(26)19-9-12-5-4-6-28-12/h4-8,10H,9H2,1-3H3,(H,19,26)(H,21,27)(H,20,22,25). The molecule has 0 radical (unpaired) electrons. The molecule has 10 heteroatoms. The van der Waals surface area contributed by atoms with E-state index in [-0.39, 0.29) is 29.8 Å². The van der Waals surface area contributed by atoms with Crippen LogP contribution < -0.4 is 16.2 Å². The largest absolute Gasteiger partial charge is 0.343 e. The summed E-state index contributed by atoms with van der Waals surface area (Å²) in [6, 6.07) is 6.74. The van der Waals surface area contributed by atoms with E-state index in [1.165, 1.54) is 22.1 Å². The van der Waals surface area contributed by atoms with Gasteiger partial charge in [0.2, 0.25) is 5.95 Å². The van der Waals surface area contributed by atoms with Crippen LogP contribution in [-0.4, -0.2) is 31.6 Å². The molecule has 3 heterocycles. The Bertz CT molecular complexity index is 1050. The van der Waals surface area contributed by atoms with Gasteiger partial charge < -0.3 is 10.6 Å². The third kappa shape index (κ3) is 4.52. The highest BCUT2D eigenvalue weighted by Gasteiger charge is 2.18. The number of aryl methyl sites for hydroxylation is 1. The summed E-state index contributed by atoms with van der Waals surface area (Å²) in [5, 5.41) is 11.2. The summed E-state index contributed by atoms with van der Waals surface area (Å²) in [7, 11) is 0. The molecule has 3 rings (SSSR count). The number of H-pyrrole nitrogens is 1. The summed E-state index contributed by atoms with van der Waals surface area (Å²) in [5.74, 6) is -1.16. The molecule has 0 saturated carbocycles. The number of nitrogens with zero attached hydrogens (tertiary/aromatic N) is 3. The Hall–Kier alpha value is -3.27. The smallest absolute Gasteiger partial charge is 0.314 e. The van der Waals surface area contributed by atoms with Gasteiger partial charge in [-0.1, -0.05) is 19.9 Å². The molecule has 3 N–H and O–H groups in total. The fraction of sp³-hybridized carbons (Fsp3) is 0.278. The van der Waals surface area contributed by atoms with Crippen molar-refractivity contribution in [1.29, 1.82) is 0 Å². The van der Waals surface area contributed by atoms with Crippen LogP contribution in [0, 0.1) is 6.92 Å². The molecule has 9 nitrogen and oxygen atoms in total. The van der Waals surface area contributed by atoms with E-state index < -0.39 is 11.8 Å². The highest BCUT2D eigenvalue weighted by atomic mass is 32.1. The van der Waals surface area contributed by atoms with Crippen LogP contribution in [0.2, 0.25) is 0 Å². The fourth-order valence-corrected chi connectivity index (χ4v) is 3.09. The Morgan fingerprint density at radius 2 is 2.07 bits per heavy atom. The Morgan fingerprint density at radius 3 is 2.75 bits per heavy atom. The predicted octanol–water partition coefficient (Wildman–Crippen LogP) is 1.70. The lowest BCUT2D eigenvalue weighted by atomic mass is 10.1. The summed E-state index contributed by atoms with van der Waals surface area (Å²) in [6.07, 6.45) is 0. The van der Waals surface area contributed by atoms with E-state index in [0.717, 1.165) is 4.88 Å². The van der Waals surface area contributed by atoms with Gasteiger partial charge in [-0.05, 0) is 24.3 Å². The van der Waals surface area contributed by atoms with E-state index in [1.807, 2.05) is 31.4 Å². The first kappa shape index (κ1) is 19.5. The minimum atomic E-state index is -0.833. The normalized spacial score (nSPS) is 10.9. The average Bonchev–Trinajstić information content (AvgIpc) is 3.28. The summed E-state index contributed by atoms with van der Waals surface area (Å²) < 4.78 is 1.30. The van der Waals surface area contributed by atoms with Crippen molar-refractivity contribution >= 4 is 29.0 Å². The first-order valence-corrected chi connectivity index (χ1v) is 9.51. The number of amides is 2. The summed E-state index contributed by atoms with van der Waals surface area (Å²) in [6.45, 7) is 5.84. The molecular formula is C18H20N6O3S. The van der Waals surface area contributed by atoms with Crippen molar-refractivity contribution in [3.05, 3.63) is 56.3 Å². The van der Waals surface area contributed by atoms with E-state index in [2.05, 4.69) is 25.7 Å². The highest BCUT2D eigenvalue weighted by molar-refractivity contribution is 7.09. The molecule has 0 aromatic carbocycles. The molecule has 146 valence electrons. The lowest BCUT2D eigenvalue weighted by Crippen LogP contribution is -2.35. The monoisotopic (exact) mass is 400 g/mol. The van der Waals surface area contributed by atoms with E-state index in [1.54, 1.807) is 13.0 Å². The van der Waals surface area contributed by atoms with E-state index in [9.17, 15) is 14.4 Å². The molecule has 28 heavy (non-hydrogen) atoms. The van der Waals surface area contributed by atoms with Crippen LogP contribution in [0.1, 0.15) is 36.0 Å². The van der Waals surface area contributed by atoms with Crippen LogP contribution in [0.5, 0.6) is 0 Å². The Morgan fingerprint density at radius 1 is 1.29 bits per heavy atom. The van der Waals surface area contributed by atoms with Gasteiger partial charge in [0.05, 0.1) is 17.9 Å². The minimum absolute atomic E-state index is 0.0405. The molecule has 2 amide bonds. The van der Waals surface area contributed by atoms with Crippen LogP contribution in [0.25, 0.3) is 5.95 Å². The molecule has 3 aromatic rings.